The number of halogens is 2. The van der Waals surface area contributed by atoms with E-state index in [0.717, 1.165) is 0 Å². The molecule has 2 unspecified atom stereocenters. The van der Waals surface area contributed by atoms with Crippen molar-refractivity contribution in [2.45, 2.75) is 25.1 Å². The normalized spacial score (nSPS) is 14.8. The lowest BCUT2D eigenvalue weighted by Crippen LogP contribution is -2.18. The minimum absolute atomic E-state index is 0.0214. The molecule has 90 valence electrons. The van der Waals surface area contributed by atoms with E-state index in [1.165, 1.54) is 18.2 Å². The standard InChI is InChI=1S/C11H15ClFNOS/c1-8(14)4-5-16(15)7-9-6-10(12)2-3-11(9)13/h2-3,6,8H,4-5,7,14H2,1H3. The van der Waals surface area contributed by atoms with Crippen LogP contribution in [0.25, 0.3) is 0 Å². The maximum absolute atomic E-state index is 13.3. The summed E-state index contributed by atoms with van der Waals surface area (Å²) < 4.78 is 24.9. The average Bonchev–Trinajstić information content (AvgIpc) is 2.20. The molecule has 0 heterocycles. The largest absolute Gasteiger partial charge is 0.328 e. The van der Waals surface area contributed by atoms with Crippen LogP contribution in [0.4, 0.5) is 4.39 Å². The maximum Gasteiger partial charge on any atom is 0.127 e. The van der Waals surface area contributed by atoms with E-state index in [-0.39, 0.29) is 17.6 Å². The summed E-state index contributed by atoms with van der Waals surface area (Å²) in [7, 11) is -1.09. The van der Waals surface area contributed by atoms with Crippen molar-refractivity contribution >= 4 is 22.4 Å². The van der Waals surface area contributed by atoms with Crippen molar-refractivity contribution < 1.29 is 8.60 Å². The van der Waals surface area contributed by atoms with Crippen LogP contribution in [0, 0.1) is 5.82 Å². The van der Waals surface area contributed by atoms with E-state index in [0.29, 0.717) is 22.8 Å². The van der Waals surface area contributed by atoms with Gasteiger partial charge in [0, 0.05) is 33.2 Å². The van der Waals surface area contributed by atoms with E-state index >= 15 is 0 Å². The Balaban J connectivity index is 2.59. The number of hydrogen-bond donors (Lipinski definition) is 1. The third kappa shape index (κ3) is 4.60. The molecule has 0 amide bonds. The molecule has 2 N–H and O–H groups in total. The molecule has 1 aromatic rings. The molecular weight excluding hydrogens is 249 g/mol. The Morgan fingerprint density at radius 1 is 1.56 bits per heavy atom. The molecule has 0 fully saturated rings. The van der Waals surface area contributed by atoms with E-state index in [4.69, 9.17) is 17.3 Å². The first-order valence-corrected chi connectivity index (χ1v) is 6.90. The van der Waals surface area contributed by atoms with Crippen molar-refractivity contribution in [1.82, 2.24) is 0 Å². The zero-order chi connectivity index (χ0) is 12.1. The fourth-order valence-corrected chi connectivity index (χ4v) is 2.76. The van der Waals surface area contributed by atoms with Gasteiger partial charge >= 0.3 is 0 Å². The molecule has 2 atom stereocenters. The molecule has 1 aromatic carbocycles. The summed E-state index contributed by atoms with van der Waals surface area (Å²) in [6.07, 6.45) is 0.675. The van der Waals surface area contributed by atoms with Gasteiger partial charge in [0.1, 0.15) is 5.82 Å². The van der Waals surface area contributed by atoms with Gasteiger partial charge in [-0.1, -0.05) is 11.6 Å². The van der Waals surface area contributed by atoms with Crippen molar-refractivity contribution in [2.24, 2.45) is 5.73 Å². The molecular formula is C11H15ClFNOS. The fraction of sp³-hybridized carbons (Fsp3) is 0.455. The van der Waals surface area contributed by atoms with Crippen LogP contribution in [0.1, 0.15) is 18.9 Å². The summed E-state index contributed by atoms with van der Waals surface area (Å²) in [6, 6.07) is 4.31. The van der Waals surface area contributed by atoms with Crippen LogP contribution in [0.2, 0.25) is 5.02 Å². The minimum atomic E-state index is -1.09. The predicted octanol–water partition coefficient (Wildman–Crippen LogP) is 2.47. The van der Waals surface area contributed by atoms with Gasteiger partial charge in [0.05, 0.1) is 5.75 Å². The third-order valence-corrected chi connectivity index (χ3v) is 3.68. The Morgan fingerprint density at radius 3 is 2.88 bits per heavy atom. The van der Waals surface area contributed by atoms with Gasteiger partial charge in [0.15, 0.2) is 0 Å². The number of hydrogen-bond acceptors (Lipinski definition) is 2. The second-order valence-corrected chi connectivity index (χ2v) is 5.80. The van der Waals surface area contributed by atoms with Crippen molar-refractivity contribution in [3.8, 4) is 0 Å². The highest BCUT2D eigenvalue weighted by Gasteiger charge is 2.08. The first-order valence-electron chi connectivity index (χ1n) is 5.03. The van der Waals surface area contributed by atoms with Gasteiger partial charge in [-0.25, -0.2) is 4.39 Å². The van der Waals surface area contributed by atoms with Crippen LogP contribution in [-0.2, 0) is 16.6 Å². The first kappa shape index (κ1) is 13.6. The SMILES string of the molecule is CC(N)CCS(=O)Cc1cc(Cl)ccc1F. The van der Waals surface area contributed by atoms with Gasteiger partial charge in [-0.3, -0.25) is 4.21 Å². The Hall–Kier alpha value is -0.450. The molecule has 0 aliphatic rings. The number of benzene rings is 1. The molecule has 0 radical (unpaired) electrons. The van der Waals surface area contributed by atoms with E-state index in [1.807, 2.05) is 6.92 Å². The van der Waals surface area contributed by atoms with Crippen LogP contribution in [0.5, 0.6) is 0 Å². The lowest BCUT2D eigenvalue weighted by Gasteiger charge is -2.06. The quantitative estimate of drug-likeness (QED) is 0.887. The number of nitrogens with two attached hydrogens (primary N) is 1. The summed E-state index contributed by atoms with van der Waals surface area (Å²) in [4.78, 5) is 0. The van der Waals surface area contributed by atoms with Crippen molar-refractivity contribution in [3.63, 3.8) is 0 Å². The molecule has 0 saturated carbocycles. The lowest BCUT2D eigenvalue weighted by molar-refractivity contribution is 0.614. The second kappa shape index (κ2) is 6.33. The fourth-order valence-electron chi connectivity index (χ4n) is 1.22. The van der Waals surface area contributed by atoms with Crippen LogP contribution < -0.4 is 5.73 Å². The van der Waals surface area contributed by atoms with Crippen LogP contribution in [-0.4, -0.2) is 16.0 Å². The average molecular weight is 264 g/mol. The highest BCUT2D eigenvalue weighted by molar-refractivity contribution is 7.84. The molecule has 1 rings (SSSR count). The molecule has 0 saturated heterocycles. The first-order chi connectivity index (χ1) is 7.49. The molecule has 0 bridgehead atoms. The van der Waals surface area contributed by atoms with Gasteiger partial charge in [-0.2, -0.15) is 0 Å². The van der Waals surface area contributed by atoms with Crippen LogP contribution in [0.15, 0.2) is 18.2 Å². The molecule has 0 spiro atoms. The van der Waals surface area contributed by atoms with Crippen molar-refractivity contribution in [1.29, 1.82) is 0 Å². The summed E-state index contributed by atoms with van der Waals surface area (Å²) in [5, 5.41) is 0.459. The van der Waals surface area contributed by atoms with Gasteiger partial charge < -0.3 is 5.73 Å². The lowest BCUT2D eigenvalue weighted by atomic mass is 10.2. The Kier molecular flexibility index (Phi) is 5.38. The topological polar surface area (TPSA) is 43.1 Å². The van der Waals surface area contributed by atoms with Gasteiger partial charge in [0.25, 0.3) is 0 Å². The van der Waals surface area contributed by atoms with Gasteiger partial charge in [-0.15, -0.1) is 0 Å². The van der Waals surface area contributed by atoms with E-state index in [1.54, 1.807) is 0 Å². The zero-order valence-corrected chi connectivity index (χ0v) is 10.7. The van der Waals surface area contributed by atoms with Crippen molar-refractivity contribution in [2.75, 3.05) is 5.75 Å². The number of rotatable bonds is 5. The minimum Gasteiger partial charge on any atom is -0.328 e. The molecule has 0 aromatic heterocycles. The Labute approximate surface area is 102 Å². The smallest absolute Gasteiger partial charge is 0.127 e. The van der Waals surface area contributed by atoms with E-state index < -0.39 is 10.8 Å². The van der Waals surface area contributed by atoms with Gasteiger partial charge in [-0.05, 0) is 31.5 Å². The van der Waals surface area contributed by atoms with Crippen LogP contribution >= 0.6 is 11.6 Å². The monoisotopic (exact) mass is 263 g/mol. The van der Waals surface area contributed by atoms with Gasteiger partial charge in [0.2, 0.25) is 0 Å². The highest BCUT2D eigenvalue weighted by Crippen LogP contribution is 2.16. The molecule has 0 aliphatic heterocycles. The summed E-state index contributed by atoms with van der Waals surface area (Å²) in [5.74, 6) is 0.321. The molecule has 16 heavy (non-hydrogen) atoms. The molecule has 0 aliphatic carbocycles. The summed E-state index contributed by atoms with van der Waals surface area (Å²) in [5.41, 5.74) is 5.96. The Morgan fingerprint density at radius 2 is 2.25 bits per heavy atom. The summed E-state index contributed by atoms with van der Waals surface area (Å²) >= 11 is 5.74. The van der Waals surface area contributed by atoms with Crippen LogP contribution in [0.3, 0.4) is 0 Å². The second-order valence-electron chi connectivity index (χ2n) is 3.79. The molecule has 5 heteroatoms. The predicted molar refractivity (Wildman–Crippen MR) is 66.4 cm³/mol. The Bertz CT molecular complexity index is 384. The highest BCUT2D eigenvalue weighted by atomic mass is 35.5. The third-order valence-electron chi connectivity index (χ3n) is 2.13. The molecule has 2 nitrogen and oxygen atoms in total. The van der Waals surface area contributed by atoms with Crippen molar-refractivity contribution in [3.05, 3.63) is 34.6 Å². The maximum atomic E-state index is 13.3. The zero-order valence-electron chi connectivity index (χ0n) is 9.08. The van der Waals surface area contributed by atoms with E-state index in [2.05, 4.69) is 0 Å². The van der Waals surface area contributed by atoms with E-state index in [9.17, 15) is 8.60 Å². The summed E-state index contributed by atoms with van der Waals surface area (Å²) in [6.45, 7) is 1.86.